The van der Waals surface area contributed by atoms with Crippen LogP contribution in [0.4, 0.5) is 0 Å². The van der Waals surface area contributed by atoms with Crippen molar-refractivity contribution in [3.05, 3.63) is 12.2 Å². The third kappa shape index (κ3) is 10.8. The van der Waals surface area contributed by atoms with Crippen LogP contribution in [0.2, 0.25) is 0 Å². The molecule has 0 aliphatic heterocycles. The van der Waals surface area contributed by atoms with Gasteiger partial charge in [0, 0.05) is 11.5 Å². The van der Waals surface area contributed by atoms with Crippen LogP contribution in [0, 0.1) is 5.92 Å². The third-order valence-corrected chi connectivity index (χ3v) is 3.73. The molecule has 5 nitrogen and oxygen atoms in total. The summed E-state index contributed by atoms with van der Waals surface area (Å²) < 4.78 is 4.95. The number of hydrogen-bond acceptors (Lipinski definition) is 5. The standard InChI is InChI=1S/C17H32O5/c1-4-5-6-7-8-9-11-15(17(19,20)21)12-10-13-22-16(18)14(2)3/h15,19-21H,2,4-13H2,1,3H3. The summed E-state index contributed by atoms with van der Waals surface area (Å²) in [5, 5.41) is 28.2. The predicted molar refractivity (Wildman–Crippen MR) is 85.9 cm³/mol. The Morgan fingerprint density at radius 1 is 1.05 bits per heavy atom. The molecular weight excluding hydrogens is 284 g/mol. The fourth-order valence-electron chi connectivity index (χ4n) is 2.32. The molecule has 1 unspecified atom stereocenters. The van der Waals surface area contributed by atoms with Gasteiger partial charge in [0.15, 0.2) is 0 Å². The van der Waals surface area contributed by atoms with Crippen molar-refractivity contribution in [2.24, 2.45) is 5.92 Å². The second-order valence-corrected chi connectivity index (χ2v) is 6.00. The molecule has 130 valence electrons. The summed E-state index contributed by atoms with van der Waals surface area (Å²) in [7, 11) is 0. The van der Waals surface area contributed by atoms with E-state index in [-0.39, 0.29) is 6.61 Å². The van der Waals surface area contributed by atoms with Crippen molar-refractivity contribution < 1.29 is 24.9 Å². The van der Waals surface area contributed by atoms with E-state index in [4.69, 9.17) is 4.74 Å². The Kier molecular flexibility index (Phi) is 11.1. The number of ether oxygens (including phenoxy) is 1. The average Bonchev–Trinajstić information content (AvgIpc) is 2.42. The topological polar surface area (TPSA) is 87.0 Å². The maximum absolute atomic E-state index is 11.2. The molecule has 0 heterocycles. The van der Waals surface area contributed by atoms with Gasteiger partial charge in [0.05, 0.1) is 6.61 Å². The van der Waals surface area contributed by atoms with Crippen molar-refractivity contribution in [3.8, 4) is 0 Å². The lowest BCUT2D eigenvalue weighted by Gasteiger charge is -2.26. The third-order valence-electron chi connectivity index (χ3n) is 3.73. The van der Waals surface area contributed by atoms with Gasteiger partial charge in [-0.25, -0.2) is 4.79 Å². The molecule has 0 saturated heterocycles. The summed E-state index contributed by atoms with van der Waals surface area (Å²) in [5.74, 6) is -3.74. The van der Waals surface area contributed by atoms with Gasteiger partial charge in [-0.1, -0.05) is 52.0 Å². The van der Waals surface area contributed by atoms with Gasteiger partial charge >= 0.3 is 5.97 Å². The summed E-state index contributed by atoms with van der Waals surface area (Å²) in [4.78, 5) is 11.2. The van der Waals surface area contributed by atoms with Gasteiger partial charge in [0.25, 0.3) is 5.97 Å². The Balaban J connectivity index is 3.94. The molecule has 0 aliphatic carbocycles. The zero-order chi connectivity index (χ0) is 17.0. The molecule has 22 heavy (non-hydrogen) atoms. The number of carbonyl (C=O) groups excluding carboxylic acids is 1. The van der Waals surface area contributed by atoms with E-state index >= 15 is 0 Å². The van der Waals surface area contributed by atoms with Gasteiger partial charge in [-0.3, -0.25) is 0 Å². The first kappa shape index (κ1) is 21.1. The van der Waals surface area contributed by atoms with Gasteiger partial charge in [-0.2, -0.15) is 0 Å². The second-order valence-electron chi connectivity index (χ2n) is 6.00. The Bertz CT molecular complexity index is 320. The molecule has 0 amide bonds. The van der Waals surface area contributed by atoms with Crippen molar-refractivity contribution in [2.75, 3.05) is 6.61 Å². The van der Waals surface area contributed by atoms with E-state index < -0.39 is 17.9 Å². The molecule has 0 aromatic heterocycles. The molecule has 0 radical (unpaired) electrons. The van der Waals surface area contributed by atoms with Gasteiger partial charge in [-0.15, -0.1) is 0 Å². The van der Waals surface area contributed by atoms with Crippen molar-refractivity contribution >= 4 is 5.97 Å². The highest BCUT2D eigenvalue weighted by atomic mass is 16.7. The maximum Gasteiger partial charge on any atom is 0.333 e. The zero-order valence-corrected chi connectivity index (χ0v) is 14.0. The fourth-order valence-corrected chi connectivity index (χ4v) is 2.32. The normalized spacial score (nSPS) is 13.0. The van der Waals surface area contributed by atoms with E-state index in [1.807, 2.05) is 0 Å². The highest BCUT2D eigenvalue weighted by Gasteiger charge is 2.31. The summed E-state index contributed by atoms with van der Waals surface area (Å²) in [5.41, 5.74) is 0.337. The molecule has 0 aromatic rings. The Morgan fingerprint density at radius 3 is 2.14 bits per heavy atom. The molecule has 0 saturated carbocycles. The molecule has 0 aliphatic rings. The van der Waals surface area contributed by atoms with Crippen LogP contribution in [0.25, 0.3) is 0 Å². The van der Waals surface area contributed by atoms with Crippen LogP contribution in [0.1, 0.15) is 71.6 Å². The van der Waals surface area contributed by atoms with Crippen LogP contribution in [-0.4, -0.2) is 33.9 Å². The van der Waals surface area contributed by atoms with Crippen LogP contribution in [0.15, 0.2) is 12.2 Å². The largest absolute Gasteiger partial charge is 0.462 e. The zero-order valence-electron chi connectivity index (χ0n) is 14.0. The van der Waals surface area contributed by atoms with Crippen LogP contribution in [0.3, 0.4) is 0 Å². The molecular formula is C17H32O5. The monoisotopic (exact) mass is 316 g/mol. The maximum atomic E-state index is 11.2. The van der Waals surface area contributed by atoms with Gasteiger partial charge in [0.1, 0.15) is 0 Å². The lowest BCUT2D eigenvalue weighted by Crippen LogP contribution is -2.37. The molecule has 0 aromatic carbocycles. The minimum Gasteiger partial charge on any atom is -0.462 e. The lowest BCUT2D eigenvalue weighted by molar-refractivity contribution is -0.344. The first-order valence-corrected chi connectivity index (χ1v) is 8.28. The van der Waals surface area contributed by atoms with E-state index in [1.54, 1.807) is 6.92 Å². The number of aliphatic hydroxyl groups is 3. The molecule has 3 N–H and O–H groups in total. The summed E-state index contributed by atoms with van der Waals surface area (Å²) in [6.45, 7) is 7.41. The van der Waals surface area contributed by atoms with Crippen LogP contribution < -0.4 is 0 Å². The molecule has 0 fully saturated rings. The second kappa shape index (κ2) is 11.6. The van der Waals surface area contributed by atoms with E-state index in [2.05, 4.69) is 13.5 Å². The van der Waals surface area contributed by atoms with E-state index in [0.29, 0.717) is 24.8 Å². The first-order valence-electron chi connectivity index (χ1n) is 8.28. The Labute approximate surface area is 134 Å². The molecule has 0 spiro atoms. The van der Waals surface area contributed by atoms with Gasteiger partial charge < -0.3 is 20.1 Å². The summed E-state index contributed by atoms with van der Waals surface area (Å²) in [6, 6.07) is 0. The SMILES string of the molecule is C=C(C)C(=O)OCCCC(CCCCCCCC)C(O)(O)O. The molecule has 0 bridgehead atoms. The highest BCUT2D eigenvalue weighted by Crippen LogP contribution is 2.24. The van der Waals surface area contributed by atoms with Crippen molar-refractivity contribution in [2.45, 2.75) is 77.6 Å². The van der Waals surface area contributed by atoms with Crippen molar-refractivity contribution in [3.63, 3.8) is 0 Å². The molecule has 5 heteroatoms. The molecule has 0 rings (SSSR count). The average molecular weight is 316 g/mol. The number of unbranched alkanes of at least 4 members (excludes halogenated alkanes) is 5. The number of esters is 1. The van der Waals surface area contributed by atoms with Crippen LogP contribution in [-0.2, 0) is 9.53 Å². The lowest BCUT2D eigenvalue weighted by atomic mass is 9.93. The minimum atomic E-state index is -2.66. The van der Waals surface area contributed by atoms with Crippen LogP contribution in [0.5, 0.6) is 0 Å². The minimum absolute atomic E-state index is 0.189. The number of rotatable bonds is 13. The Morgan fingerprint density at radius 2 is 1.59 bits per heavy atom. The van der Waals surface area contributed by atoms with Crippen LogP contribution >= 0.6 is 0 Å². The van der Waals surface area contributed by atoms with E-state index in [9.17, 15) is 20.1 Å². The van der Waals surface area contributed by atoms with Crippen molar-refractivity contribution in [1.82, 2.24) is 0 Å². The number of carbonyl (C=O) groups is 1. The van der Waals surface area contributed by atoms with E-state index in [1.165, 1.54) is 19.3 Å². The summed E-state index contributed by atoms with van der Waals surface area (Å²) >= 11 is 0. The van der Waals surface area contributed by atoms with Crippen molar-refractivity contribution in [1.29, 1.82) is 0 Å². The molecule has 1 atom stereocenters. The van der Waals surface area contributed by atoms with Gasteiger partial charge in [0.2, 0.25) is 0 Å². The first-order chi connectivity index (χ1) is 10.3. The predicted octanol–water partition coefficient (Wildman–Crippen LogP) is 2.88. The smallest absolute Gasteiger partial charge is 0.333 e. The highest BCUT2D eigenvalue weighted by molar-refractivity contribution is 5.86. The van der Waals surface area contributed by atoms with Gasteiger partial charge in [-0.05, 0) is 26.2 Å². The summed E-state index contributed by atoms with van der Waals surface area (Å²) in [6.07, 6.45) is 8.03. The Hall–Kier alpha value is -0.910. The van der Waals surface area contributed by atoms with E-state index in [0.717, 1.165) is 19.3 Å². The number of hydrogen-bond donors (Lipinski definition) is 3. The fraction of sp³-hybridized carbons (Fsp3) is 0.824. The quantitative estimate of drug-likeness (QED) is 0.210.